The van der Waals surface area contributed by atoms with Crippen molar-refractivity contribution >= 4 is 17.8 Å². The number of amides is 3. The second kappa shape index (κ2) is 11.1. The highest BCUT2D eigenvalue weighted by Crippen LogP contribution is 2.07. The van der Waals surface area contributed by atoms with Crippen molar-refractivity contribution in [1.29, 1.82) is 0 Å². The van der Waals surface area contributed by atoms with Gasteiger partial charge in [-0.2, -0.15) is 0 Å². The largest absolute Gasteiger partial charge is 0.360 e. The molecule has 152 valence electrons. The van der Waals surface area contributed by atoms with Crippen LogP contribution in [-0.2, 0) is 11.3 Å². The minimum Gasteiger partial charge on any atom is -0.360 e. The van der Waals surface area contributed by atoms with Crippen molar-refractivity contribution < 1.29 is 14.1 Å². The van der Waals surface area contributed by atoms with Crippen molar-refractivity contribution in [3.8, 4) is 0 Å². The van der Waals surface area contributed by atoms with Gasteiger partial charge in [-0.25, -0.2) is 4.79 Å². The molecule has 1 aromatic carbocycles. The molecule has 0 atom stereocenters. The molecule has 8 heteroatoms. The van der Waals surface area contributed by atoms with Crippen LogP contribution in [0.1, 0.15) is 25.2 Å². The zero-order valence-electron chi connectivity index (χ0n) is 16.8. The van der Waals surface area contributed by atoms with Crippen molar-refractivity contribution in [3.05, 3.63) is 47.7 Å². The summed E-state index contributed by atoms with van der Waals surface area (Å²) in [6, 6.07) is 11.0. The van der Waals surface area contributed by atoms with Crippen LogP contribution in [-0.4, -0.2) is 59.6 Å². The summed E-state index contributed by atoms with van der Waals surface area (Å²) < 4.78 is 4.95. The molecule has 0 radical (unpaired) electrons. The average molecular weight is 387 g/mol. The molecule has 0 fully saturated rings. The SMILES string of the molecule is CCN(CC)CCN(CC(=O)Nc1cc(C)on1)C(=O)NCc1ccccc1. The standard InChI is InChI=1S/C20H29N5O3/c1-4-24(5-2)11-12-25(15-19(26)22-18-13-16(3)28-23-18)20(27)21-14-17-9-7-6-8-10-17/h6-10,13H,4-5,11-12,14-15H2,1-3H3,(H,21,27)(H,22,23,26). The van der Waals surface area contributed by atoms with Gasteiger partial charge in [0.15, 0.2) is 5.82 Å². The number of carbonyl (C=O) groups excluding carboxylic acids is 2. The van der Waals surface area contributed by atoms with E-state index in [1.807, 2.05) is 30.3 Å². The van der Waals surface area contributed by atoms with Crippen molar-refractivity contribution in [3.63, 3.8) is 0 Å². The monoisotopic (exact) mass is 387 g/mol. The van der Waals surface area contributed by atoms with Gasteiger partial charge < -0.3 is 25.0 Å². The minimum atomic E-state index is -0.317. The molecule has 1 aromatic heterocycles. The molecule has 0 unspecified atom stereocenters. The van der Waals surface area contributed by atoms with E-state index in [1.165, 1.54) is 4.90 Å². The number of rotatable bonds is 10. The van der Waals surface area contributed by atoms with Gasteiger partial charge in [0.2, 0.25) is 5.91 Å². The summed E-state index contributed by atoms with van der Waals surface area (Å²) in [7, 11) is 0. The number of anilines is 1. The fourth-order valence-electron chi connectivity index (χ4n) is 2.72. The van der Waals surface area contributed by atoms with Crippen LogP contribution in [0.3, 0.4) is 0 Å². The molecule has 8 nitrogen and oxygen atoms in total. The van der Waals surface area contributed by atoms with Crippen LogP contribution in [0.4, 0.5) is 10.6 Å². The molecule has 1 heterocycles. The maximum absolute atomic E-state index is 12.7. The summed E-state index contributed by atoms with van der Waals surface area (Å²) in [6.45, 7) is 9.16. The highest BCUT2D eigenvalue weighted by atomic mass is 16.5. The van der Waals surface area contributed by atoms with Crippen LogP contribution in [0.5, 0.6) is 0 Å². The van der Waals surface area contributed by atoms with Crippen molar-refractivity contribution in [1.82, 2.24) is 20.3 Å². The molecule has 28 heavy (non-hydrogen) atoms. The Kier molecular flexibility index (Phi) is 8.48. The quantitative estimate of drug-likeness (QED) is 0.654. The predicted molar refractivity (Wildman–Crippen MR) is 108 cm³/mol. The fraction of sp³-hybridized carbons (Fsp3) is 0.450. The van der Waals surface area contributed by atoms with E-state index in [2.05, 4.69) is 34.5 Å². The van der Waals surface area contributed by atoms with Gasteiger partial charge in [-0.3, -0.25) is 4.79 Å². The van der Waals surface area contributed by atoms with E-state index < -0.39 is 0 Å². The van der Waals surface area contributed by atoms with Gasteiger partial charge in [-0.05, 0) is 25.6 Å². The number of nitrogens with one attached hydrogen (secondary N) is 2. The first-order valence-electron chi connectivity index (χ1n) is 9.54. The van der Waals surface area contributed by atoms with Crippen LogP contribution in [0, 0.1) is 6.92 Å². The summed E-state index contributed by atoms with van der Waals surface area (Å²) in [5.74, 6) is 0.632. The van der Waals surface area contributed by atoms with E-state index in [1.54, 1.807) is 13.0 Å². The average Bonchev–Trinajstić information content (AvgIpc) is 3.11. The van der Waals surface area contributed by atoms with E-state index in [0.717, 1.165) is 18.7 Å². The Bertz CT molecular complexity index is 743. The summed E-state index contributed by atoms with van der Waals surface area (Å²) in [5, 5.41) is 9.30. The number of likely N-dealkylation sites (N-methyl/N-ethyl adjacent to an activating group) is 1. The van der Waals surface area contributed by atoms with Crippen LogP contribution in [0.15, 0.2) is 40.9 Å². The Balaban J connectivity index is 1.96. The van der Waals surface area contributed by atoms with Crippen LogP contribution >= 0.6 is 0 Å². The lowest BCUT2D eigenvalue weighted by Gasteiger charge is -2.26. The second-order valence-electron chi connectivity index (χ2n) is 6.46. The van der Waals surface area contributed by atoms with Gasteiger partial charge >= 0.3 is 6.03 Å². The second-order valence-corrected chi connectivity index (χ2v) is 6.46. The Morgan fingerprint density at radius 2 is 1.82 bits per heavy atom. The van der Waals surface area contributed by atoms with Gasteiger partial charge in [-0.15, -0.1) is 0 Å². The van der Waals surface area contributed by atoms with Crippen molar-refractivity contribution in [2.75, 3.05) is 38.0 Å². The lowest BCUT2D eigenvalue weighted by atomic mass is 10.2. The molecule has 0 saturated carbocycles. The smallest absolute Gasteiger partial charge is 0.318 e. The van der Waals surface area contributed by atoms with Crippen LogP contribution in [0.2, 0.25) is 0 Å². The fourth-order valence-corrected chi connectivity index (χ4v) is 2.72. The summed E-state index contributed by atoms with van der Waals surface area (Å²) in [6.07, 6.45) is 0. The normalized spacial score (nSPS) is 10.7. The zero-order valence-corrected chi connectivity index (χ0v) is 16.8. The number of hydrogen-bond donors (Lipinski definition) is 2. The summed E-state index contributed by atoms with van der Waals surface area (Å²) in [4.78, 5) is 28.8. The highest BCUT2D eigenvalue weighted by Gasteiger charge is 2.18. The van der Waals surface area contributed by atoms with Gasteiger partial charge in [0.05, 0.1) is 0 Å². The molecule has 2 rings (SSSR count). The molecular weight excluding hydrogens is 358 g/mol. The first-order chi connectivity index (χ1) is 13.5. The number of carbonyl (C=O) groups is 2. The van der Waals surface area contributed by atoms with Crippen molar-refractivity contribution in [2.24, 2.45) is 0 Å². The molecule has 3 amide bonds. The molecule has 0 aliphatic heterocycles. The molecule has 0 saturated heterocycles. The van der Waals surface area contributed by atoms with Crippen LogP contribution in [0.25, 0.3) is 0 Å². The van der Waals surface area contributed by atoms with Gasteiger partial charge in [-0.1, -0.05) is 49.3 Å². The number of aryl methyl sites for hydroxylation is 1. The summed E-state index contributed by atoms with van der Waals surface area (Å²) in [5.41, 5.74) is 1.00. The number of hydrogen-bond acceptors (Lipinski definition) is 5. The lowest BCUT2D eigenvalue weighted by Crippen LogP contribution is -2.47. The molecule has 0 spiro atoms. The first-order valence-corrected chi connectivity index (χ1v) is 9.54. The third-order valence-corrected chi connectivity index (χ3v) is 4.38. The van der Waals surface area contributed by atoms with E-state index >= 15 is 0 Å². The van der Waals surface area contributed by atoms with E-state index in [0.29, 0.717) is 31.2 Å². The summed E-state index contributed by atoms with van der Waals surface area (Å²) >= 11 is 0. The predicted octanol–water partition coefficient (Wildman–Crippen LogP) is 2.48. The molecular formula is C20H29N5O3. The number of urea groups is 1. The molecule has 0 aliphatic carbocycles. The van der Waals surface area contributed by atoms with Crippen molar-refractivity contribution in [2.45, 2.75) is 27.3 Å². The Labute approximate surface area is 165 Å². The Hall–Kier alpha value is -2.87. The topological polar surface area (TPSA) is 90.7 Å². The minimum absolute atomic E-state index is 0.0617. The third kappa shape index (κ3) is 7.03. The zero-order chi connectivity index (χ0) is 20.4. The Morgan fingerprint density at radius 3 is 2.43 bits per heavy atom. The Morgan fingerprint density at radius 1 is 1.11 bits per heavy atom. The van der Waals surface area contributed by atoms with E-state index in [4.69, 9.17) is 4.52 Å². The van der Waals surface area contributed by atoms with Crippen LogP contribution < -0.4 is 10.6 Å². The van der Waals surface area contributed by atoms with Gasteiger partial charge in [0, 0.05) is 25.7 Å². The molecule has 2 aromatic rings. The number of benzene rings is 1. The molecule has 2 N–H and O–H groups in total. The van der Waals surface area contributed by atoms with Gasteiger partial charge in [0.1, 0.15) is 12.3 Å². The maximum atomic E-state index is 12.7. The number of aromatic nitrogens is 1. The van der Waals surface area contributed by atoms with Gasteiger partial charge in [0.25, 0.3) is 0 Å². The highest BCUT2D eigenvalue weighted by molar-refractivity contribution is 5.93. The molecule has 0 bridgehead atoms. The number of nitrogens with zero attached hydrogens (tertiary/aromatic N) is 3. The first kappa shape index (κ1) is 21.4. The van der Waals surface area contributed by atoms with E-state index in [9.17, 15) is 9.59 Å². The lowest BCUT2D eigenvalue weighted by molar-refractivity contribution is -0.116. The maximum Gasteiger partial charge on any atom is 0.318 e. The van der Waals surface area contributed by atoms with E-state index in [-0.39, 0.29) is 18.5 Å². The molecule has 0 aliphatic rings. The third-order valence-electron chi connectivity index (χ3n) is 4.38.